The first kappa shape index (κ1) is 10.8. The minimum Gasteiger partial charge on any atom is -0.335 e. The van der Waals surface area contributed by atoms with Crippen LogP contribution in [0.2, 0.25) is 0 Å². The molecule has 2 heteroatoms. The molecular weight excluding hydrogens is 210 g/mol. The Balaban J connectivity index is 1.81. The van der Waals surface area contributed by atoms with Crippen LogP contribution in [-0.2, 0) is 0 Å². The number of likely N-dealkylation sites (tertiary alicyclic amines) is 1. The molecule has 17 heavy (non-hydrogen) atoms. The van der Waals surface area contributed by atoms with Gasteiger partial charge in [-0.05, 0) is 43.7 Å². The van der Waals surface area contributed by atoms with Crippen molar-refractivity contribution in [3.05, 3.63) is 35.9 Å². The molecule has 0 N–H and O–H groups in total. The van der Waals surface area contributed by atoms with Crippen LogP contribution in [0.3, 0.4) is 0 Å². The van der Waals surface area contributed by atoms with Gasteiger partial charge in [0.25, 0.3) is 5.91 Å². The minimum atomic E-state index is 0.238. The lowest BCUT2D eigenvalue weighted by Crippen LogP contribution is -2.46. The van der Waals surface area contributed by atoms with Gasteiger partial charge in [0, 0.05) is 18.2 Å². The number of carbonyl (C=O) groups excluding carboxylic acids is 1. The number of carbonyl (C=O) groups is 1. The van der Waals surface area contributed by atoms with Gasteiger partial charge in [-0.3, -0.25) is 4.79 Å². The molecule has 1 saturated heterocycles. The summed E-state index contributed by atoms with van der Waals surface area (Å²) in [6.45, 7) is 0.953. The molecular formula is C15H19NO. The second kappa shape index (κ2) is 4.52. The quantitative estimate of drug-likeness (QED) is 0.724. The highest BCUT2D eigenvalue weighted by atomic mass is 16.2. The van der Waals surface area contributed by atoms with Gasteiger partial charge in [0.1, 0.15) is 0 Å². The summed E-state index contributed by atoms with van der Waals surface area (Å²) in [5.41, 5.74) is 0.847. The summed E-state index contributed by atoms with van der Waals surface area (Å²) in [5.74, 6) is 1.01. The summed E-state index contributed by atoms with van der Waals surface area (Å²) in [7, 11) is 0. The van der Waals surface area contributed by atoms with Crippen LogP contribution < -0.4 is 0 Å². The van der Waals surface area contributed by atoms with Crippen LogP contribution >= 0.6 is 0 Å². The Kier molecular flexibility index (Phi) is 2.87. The summed E-state index contributed by atoms with van der Waals surface area (Å²) in [4.78, 5) is 14.6. The van der Waals surface area contributed by atoms with E-state index < -0.39 is 0 Å². The number of hydrogen-bond acceptors (Lipinski definition) is 1. The first-order valence-corrected chi connectivity index (χ1v) is 6.72. The van der Waals surface area contributed by atoms with Crippen LogP contribution in [0, 0.1) is 5.92 Å². The standard InChI is InChI=1S/C15H19NO/c17-15(13-6-2-1-3-7-13)16-11-5-9-12-8-4-10-14(12)16/h1-3,6-7,12,14H,4-5,8-11H2/t12-,14+/m0/s1. The number of fused-ring (bicyclic) bond motifs is 1. The van der Waals surface area contributed by atoms with Crippen LogP contribution in [0.25, 0.3) is 0 Å². The van der Waals surface area contributed by atoms with E-state index in [0.29, 0.717) is 6.04 Å². The number of hydrogen-bond donors (Lipinski definition) is 0. The molecule has 90 valence electrons. The van der Waals surface area contributed by atoms with Gasteiger partial charge in [-0.15, -0.1) is 0 Å². The Bertz CT molecular complexity index is 401. The zero-order chi connectivity index (χ0) is 11.7. The van der Waals surface area contributed by atoms with E-state index in [9.17, 15) is 4.79 Å². The zero-order valence-corrected chi connectivity index (χ0v) is 10.1. The highest BCUT2D eigenvalue weighted by Gasteiger charge is 2.37. The predicted octanol–water partition coefficient (Wildman–Crippen LogP) is 3.09. The number of rotatable bonds is 1. The highest BCUT2D eigenvalue weighted by Crippen LogP contribution is 2.37. The van der Waals surface area contributed by atoms with E-state index in [1.54, 1.807) is 0 Å². The third-order valence-electron chi connectivity index (χ3n) is 4.27. The molecule has 1 aromatic carbocycles. The van der Waals surface area contributed by atoms with Crippen LogP contribution in [0.4, 0.5) is 0 Å². The minimum absolute atomic E-state index is 0.238. The zero-order valence-electron chi connectivity index (χ0n) is 10.1. The van der Waals surface area contributed by atoms with Crippen LogP contribution in [0.5, 0.6) is 0 Å². The summed E-state index contributed by atoms with van der Waals surface area (Å²) < 4.78 is 0. The van der Waals surface area contributed by atoms with Gasteiger partial charge < -0.3 is 4.90 Å². The van der Waals surface area contributed by atoms with E-state index in [1.165, 1.54) is 32.1 Å². The van der Waals surface area contributed by atoms with Crippen molar-refractivity contribution in [3.63, 3.8) is 0 Å². The number of amides is 1. The molecule has 0 radical (unpaired) electrons. The van der Waals surface area contributed by atoms with Crippen molar-refractivity contribution in [2.75, 3.05) is 6.54 Å². The molecule has 3 rings (SSSR count). The number of nitrogens with zero attached hydrogens (tertiary/aromatic N) is 1. The number of piperidine rings is 1. The van der Waals surface area contributed by atoms with Crippen molar-refractivity contribution in [1.82, 2.24) is 4.90 Å². The van der Waals surface area contributed by atoms with E-state index in [4.69, 9.17) is 0 Å². The molecule has 1 heterocycles. The normalized spacial score (nSPS) is 27.9. The summed E-state index contributed by atoms with van der Waals surface area (Å²) in [5, 5.41) is 0. The Morgan fingerprint density at radius 2 is 1.82 bits per heavy atom. The van der Waals surface area contributed by atoms with Crippen molar-refractivity contribution in [2.45, 2.75) is 38.1 Å². The van der Waals surface area contributed by atoms with Crippen molar-refractivity contribution in [2.24, 2.45) is 5.92 Å². The molecule has 1 aliphatic carbocycles. The average molecular weight is 229 g/mol. The van der Waals surface area contributed by atoms with Gasteiger partial charge in [-0.1, -0.05) is 24.6 Å². The van der Waals surface area contributed by atoms with E-state index in [-0.39, 0.29) is 5.91 Å². The monoisotopic (exact) mass is 229 g/mol. The molecule has 1 saturated carbocycles. The molecule has 1 aliphatic heterocycles. The fourth-order valence-corrected chi connectivity index (χ4v) is 3.45. The van der Waals surface area contributed by atoms with Gasteiger partial charge in [0.05, 0.1) is 0 Å². The van der Waals surface area contributed by atoms with Gasteiger partial charge in [-0.2, -0.15) is 0 Å². The first-order valence-electron chi connectivity index (χ1n) is 6.72. The van der Waals surface area contributed by atoms with Gasteiger partial charge in [0.15, 0.2) is 0 Å². The van der Waals surface area contributed by atoms with Crippen molar-refractivity contribution < 1.29 is 4.79 Å². The lowest BCUT2D eigenvalue weighted by atomic mass is 9.91. The van der Waals surface area contributed by atoms with Crippen molar-refractivity contribution in [3.8, 4) is 0 Å². The molecule has 2 aliphatic rings. The van der Waals surface area contributed by atoms with Crippen LogP contribution in [-0.4, -0.2) is 23.4 Å². The maximum atomic E-state index is 12.5. The molecule has 0 spiro atoms. The van der Waals surface area contributed by atoms with E-state index in [0.717, 1.165) is 18.0 Å². The largest absolute Gasteiger partial charge is 0.335 e. The molecule has 1 aromatic rings. The summed E-state index contributed by atoms with van der Waals surface area (Å²) >= 11 is 0. The van der Waals surface area contributed by atoms with E-state index >= 15 is 0 Å². The second-order valence-corrected chi connectivity index (χ2v) is 5.27. The molecule has 2 atom stereocenters. The smallest absolute Gasteiger partial charge is 0.254 e. The number of benzene rings is 1. The van der Waals surface area contributed by atoms with Gasteiger partial charge in [0.2, 0.25) is 0 Å². The average Bonchev–Trinajstić information content (AvgIpc) is 2.87. The SMILES string of the molecule is O=C(c1ccccc1)N1CCC[C@@H]2CCC[C@H]21. The van der Waals surface area contributed by atoms with Gasteiger partial charge >= 0.3 is 0 Å². The Morgan fingerprint density at radius 1 is 1.06 bits per heavy atom. The molecule has 2 nitrogen and oxygen atoms in total. The lowest BCUT2D eigenvalue weighted by Gasteiger charge is -2.37. The molecule has 2 fully saturated rings. The predicted molar refractivity (Wildman–Crippen MR) is 67.8 cm³/mol. The highest BCUT2D eigenvalue weighted by molar-refractivity contribution is 5.94. The second-order valence-electron chi connectivity index (χ2n) is 5.27. The molecule has 0 bridgehead atoms. The summed E-state index contributed by atoms with van der Waals surface area (Å²) in [6, 6.07) is 10.2. The maximum Gasteiger partial charge on any atom is 0.254 e. The van der Waals surface area contributed by atoms with E-state index in [2.05, 4.69) is 4.90 Å². The van der Waals surface area contributed by atoms with Crippen molar-refractivity contribution in [1.29, 1.82) is 0 Å². The van der Waals surface area contributed by atoms with Crippen LogP contribution in [0.1, 0.15) is 42.5 Å². The Labute approximate surface area is 103 Å². The summed E-state index contributed by atoms with van der Waals surface area (Å²) in [6.07, 6.45) is 6.34. The van der Waals surface area contributed by atoms with Crippen molar-refractivity contribution >= 4 is 5.91 Å². The van der Waals surface area contributed by atoms with Crippen LogP contribution in [0.15, 0.2) is 30.3 Å². The Hall–Kier alpha value is -1.31. The lowest BCUT2D eigenvalue weighted by molar-refractivity contribution is 0.0548. The fourth-order valence-electron chi connectivity index (χ4n) is 3.45. The molecule has 0 unspecified atom stereocenters. The molecule has 1 amide bonds. The third kappa shape index (κ3) is 1.97. The first-order chi connectivity index (χ1) is 8.36. The van der Waals surface area contributed by atoms with Gasteiger partial charge in [-0.25, -0.2) is 0 Å². The maximum absolute atomic E-state index is 12.5. The van der Waals surface area contributed by atoms with E-state index in [1.807, 2.05) is 30.3 Å². The fraction of sp³-hybridized carbons (Fsp3) is 0.533. The topological polar surface area (TPSA) is 20.3 Å². The molecule has 0 aromatic heterocycles. The Morgan fingerprint density at radius 3 is 2.65 bits per heavy atom. The third-order valence-corrected chi connectivity index (χ3v) is 4.27.